The number of para-hydroxylation sites is 1. The first-order chi connectivity index (χ1) is 12.4. The van der Waals surface area contributed by atoms with Gasteiger partial charge in [0.25, 0.3) is 0 Å². The van der Waals surface area contributed by atoms with Gasteiger partial charge in [-0.2, -0.15) is 8.78 Å². The topological polar surface area (TPSA) is 57.7 Å². The Morgan fingerprint density at radius 3 is 2.23 bits per heavy atom. The zero-order valence-electron chi connectivity index (χ0n) is 14.6. The van der Waals surface area contributed by atoms with Crippen molar-refractivity contribution in [3.8, 4) is 0 Å². The van der Waals surface area contributed by atoms with Crippen molar-refractivity contribution >= 4 is 21.4 Å². The molecule has 1 aromatic carbocycles. The van der Waals surface area contributed by atoms with Crippen LogP contribution in [-0.4, -0.2) is 51.2 Å². The van der Waals surface area contributed by atoms with E-state index < -0.39 is 15.6 Å². The van der Waals surface area contributed by atoms with Gasteiger partial charge in [0.2, 0.25) is 15.7 Å². The summed E-state index contributed by atoms with van der Waals surface area (Å²) in [5.41, 5.74) is 0.289. The molecule has 0 atom stereocenters. The molecule has 1 aliphatic carbocycles. The molecule has 0 bridgehead atoms. The van der Waals surface area contributed by atoms with E-state index in [0.29, 0.717) is 26.2 Å². The summed E-state index contributed by atoms with van der Waals surface area (Å²) >= 11 is 0. The molecule has 0 aromatic heterocycles. The molecule has 1 saturated carbocycles. The summed E-state index contributed by atoms with van der Waals surface area (Å²) in [7, 11) is -4.66. The molecule has 3 rings (SSSR count). The van der Waals surface area contributed by atoms with Gasteiger partial charge in [-0.1, -0.05) is 31.4 Å². The van der Waals surface area contributed by atoms with Crippen molar-refractivity contribution in [3.05, 3.63) is 24.3 Å². The second kappa shape index (κ2) is 7.90. The van der Waals surface area contributed by atoms with Gasteiger partial charge in [0.1, 0.15) is 0 Å². The minimum absolute atomic E-state index is 0.0989. The monoisotopic (exact) mass is 386 g/mol. The maximum atomic E-state index is 13.0. The number of hydrogen-bond acceptors (Lipinski definition) is 4. The summed E-state index contributed by atoms with van der Waals surface area (Å²) in [5.74, 6) is -3.17. The van der Waals surface area contributed by atoms with Gasteiger partial charge < -0.3 is 9.80 Å². The fourth-order valence-electron chi connectivity index (χ4n) is 3.83. The van der Waals surface area contributed by atoms with E-state index in [2.05, 4.69) is 0 Å². The highest BCUT2D eigenvalue weighted by Gasteiger charge is 2.33. The highest BCUT2D eigenvalue weighted by atomic mass is 32.2. The van der Waals surface area contributed by atoms with Crippen LogP contribution >= 0.6 is 0 Å². The van der Waals surface area contributed by atoms with Crippen LogP contribution in [0.25, 0.3) is 0 Å². The maximum absolute atomic E-state index is 13.0. The molecule has 1 heterocycles. The first-order valence-electron chi connectivity index (χ1n) is 9.06. The Labute approximate surface area is 152 Å². The Balaban J connectivity index is 1.70. The molecular weight excluding hydrogens is 362 g/mol. The van der Waals surface area contributed by atoms with Gasteiger partial charge in [-0.15, -0.1) is 0 Å². The van der Waals surface area contributed by atoms with Crippen molar-refractivity contribution in [2.45, 2.75) is 42.8 Å². The van der Waals surface area contributed by atoms with Gasteiger partial charge in [0.05, 0.1) is 10.6 Å². The normalized spacial score (nSPS) is 19.8. The van der Waals surface area contributed by atoms with E-state index in [0.717, 1.165) is 25.7 Å². The van der Waals surface area contributed by atoms with E-state index in [9.17, 15) is 22.0 Å². The van der Waals surface area contributed by atoms with Crippen molar-refractivity contribution in [1.82, 2.24) is 4.90 Å². The molecule has 1 amide bonds. The molecule has 2 fully saturated rings. The summed E-state index contributed by atoms with van der Waals surface area (Å²) in [6.07, 6.45) is 5.25. The molecule has 5 nitrogen and oxygen atoms in total. The summed E-state index contributed by atoms with van der Waals surface area (Å²) in [6, 6.07) is 5.85. The molecule has 8 heteroatoms. The second-order valence-electron chi connectivity index (χ2n) is 6.92. The van der Waals surface area contributed by atoms with Crippen molar-refractivity contribution in [1.29, 1.82) is 0 Å². The summed E-state index contributed by atoms with van der Waals surface area (Å²) < 4.78 is 49.8. The number of carbonyl (C=O) groups excluding carboxylic acids is 1. The van der Waals surface area contributed by atoms with Crippen LogP contribution in [0.2, 0.25) is 0 Å². The number of hydrogen-bond donors (Lipinski definition) is 0. The predicted octanol–water partition coefficient (Wildman–Crippen LogP) is 2.91. The zero-order valence-corrected chi connectivity index (χ0v) is 15.4. The molecule has 0 N–H and O–H groups in total. The minimum atomic E-state index is -4.66. The number of sulfone groups is 1. The number of carbonyl (C=O) groups is 1. The molecule has 1 aliphatic heterocycles. The van der Waals surface area contributed by atoms with Crippen LogP contribution in [0, 0.1) is 5.92 Å². The van der Waals surface area contributed by atoms with E-state index in [4.69, 9.17) is 0 Å². The molecule has 1 aromatic rings. The Hall–Kier alpha value is -1.70. The maximum Gasteiger partial charge on any atom is 0.341 e. The third kappa shape index (κ3) is 3.84. The largest absolute Gasteiger partial charge is 0.367 e. The van der Waals surface area contributed by atoms with Crippen molar-refractivity contribution in [2.24, 2.45) is 5.92 Å². The van der Waals surface area contributed by atoms with E-state index >= 15 is 0 Å². The van der Waals surface area contributed by atoms with E-state index in [1.807, 2.05) is 4.90 Å². The van der Waals surface area contributed by atoms with E-state index in [1.165, 1.54) is 18.6 Å². The lowest BCUT2D eigenvalue weighted by Gasteiger charge is -2.38. The van der Waals surface area contributed by atoms with E-state index in [1.54, 1.807) is 17.0 Å². The van der Waals surface area contributed by atoms with Crippen LogP contribution in [0.4, 0.5) is 14.5 Å². The van der Waals surface area contributed by atoms with Crippen molar-refractivity contribution in [2.75, 3.05) is 31.1 Å². The van der Waals surface area contributed by atoms with Gasteiger partial charge >= 0.3 is 5.76 Å². The number of nitrogens with zero attached hydrogens (tertiary/aromatic N) is 2. The molecule has 1 saturated heterocycles. The predicted molar refractivity (Wildman–Crippen MR) is 95.0 cm³/mol. The van der Waals surface area contributed by atoms with Gasteiger partial charge in [-0.3, -0.25) is 4.79 Å². The first-order valence-corrected chi connectivity index (χ1v) is 10.6. The van der Waals surface area contributed by atoms with Crippen LogP contribution in [0.3, 0.4) is 0 Å². The molecule has 144 valence electrons. The zero-order chi connectivity index (χ0) is 18.7. The fraction of sp³-hybridized carbons (Fsp3) is 0.611. The van der Waals surface area contributed by atoms with Crippen molar-refractivity contribution in [3.63, 3.8) is 0 Å². The molecule has 0 unspecified atom stereocenters. The smallest absolute Gasteiger partial charge is 0.341 e. The summed E-state index contributed by atoms with van der Waals surface area (Å²) in [5, 5.41) is 0. The highest BCUT2D eigenvalue weighted by molar-refractivity contribution is 7.91. The lowest BCUT2D eigenvalue weighted by Crippen LogP contribution is -2.50. The average Bonchev–Trinajstić information content (AvgIpc) is 2.68. The number of halogens is 2. The van der Waals surface area contributed by atoms with Crippen LogP contribution in [0.15, 0.2) is 29.2 Å². The molecule has 0 radical (unpaired) electrons. The standard InChI is InChI=1S/C18H24F2N2O3S/c19-18(20)26(24,25)16-9-5-4-8-15(16)21-10-12-22(13-11-21)17(23)14-6-2-1-3-7-14/h4-5,8-9,14,18H,1-3,6-7,10-13H2. The van der Waals surface area contributed by atoms with Gasteiger partial charge in [0.15, 0.2) is 0 Å². The van der Waals surface area contributed by atoms with E-state index in [-0.39, 0.29) is 22.4 Å². The van der Waals surface area contributed by atoms with Gasteiger partial charge in [0, 0.05) is 32.1 Å². The SMILES string of the molecule is O=C(C1CCCCC1)N1CCN(c2ccccc2S(=O)(=O)C(F)F)CC1. The third-order valence-corrected chi connectivity index (χ3v) is 6.72. The number of piperazine rings is 1. The highest BCUT2D eigenvalue weighted by Crippen LogP contribution is 2.31. The number of amides is 1. The van der Waals surface area contributed by atoms with Crippen LogP contribution in [0.5, 0.6) is 0 Å². The third-order valence-electron chi connectivity index (χ3n) is 5.29. The number of anilines is 1. The first kappa shape index (κ1) is 19.1. The van der Waals surface area contributed by atoms with Crippen molar-refractivity contribution < 1.29 is 22.0 Å². The fourth-order valence-corrected chi connectivity index (χ4v) is 4.78. The quantitative estimate of drug-likeness (QED) is 0.798. The second-order valence-corrected chi connectivity index (χ2v) is 8.81. The van der Waals surface area contributed by atoms with Gasteiger partial charge in [-0.25, -0.2) is 8.42 Å². The molecular formula is C18H24F2N2O3S. The Bertz CT molecular complexity index is 741. The van der Waals surface area contributed by atoms with Gasteiger partial charge in [-0.05, 0) is 25.0 Å². The average molecular weight is 386 g/mol. The van der Waals surface area contributed by atoms with Crippen LogP contribution < -0.4 is 4.90 Å². The van der Waals surface area contributed by atoms with Crippen LogP contribution in [0.1, 0.15) is 32.1 Å². The lowest BCUT2D eigenvalue weighted by atomic mass is 9.88. The number of rotatable bonds is 4. The Morgan fingerprint density at radius 1 is 1.00 bits per heavy atom. The lowest BCUT2D eigenvalue weighted by molar-refractivity contribution is -0.136. The molecule has 26 heavy (non-hydrogen) atoms. The summed E-state index contributed by atoms with van der Waals surface area (Å²) in [4.78, 5) is 15.9. The summed E-state index contributed by atoms with van der Waals surface area (Å²) in [6.45, 7) is 1.85. The minimum Gasteiger partial charge on any atom is -0.367 e. The Morgan fingerprint density at radius 2 is 1.62 bits per heavy atom. The molecule has 2 aliphatic rings. The number of alkyl halides is 2. The molecule has 0 spiro atoms. The Kier molecular flexibility index (Phi) is 5.79. The number of benzene rings is 1. The van der Waals surface area contributed by atoms with Crippen LogP contribution in [-0.2, 0) is 14.6 Å².